The topological polar surface area (TPSA) is 41.3 Å². The summed E-state index contributed by atoms with van der Waals surface area (Å²) in [7, 11) is 0. The number of likely N-dealkylation sites (tertiary alicyclic amines) is 1. The van der Waals surface area contributed by atoms with E-state index in [0.29, 0.717) is 12.5 Å². The quantitative estimate of drug-likeness (QED) is 0.771. The first-order valence-electron chi connectivity index (χ1n) is 5.67. The Kier molecular flexibility index (Phi) is 3.75. The number of hydrogen-bond acceptors (Lipinski definition) is 3. The van der Waals surface area contributed by atoms with Crippen molar-refractivity contribution in [2.75, 3.05) is 26.2 Å². The van der Waals surface area contributed by atoms with Crippen LogP contribution in [-0.2, 0) is 6.54 Å². The van der Waals surface area contributed by atoms with E-state index in [9.17, 15) is 0 Å². The number of nitrogens with zero attached hydrogens (tertiary/aromatic N) is 3. The van der Waals surface area contributed by atoms with Crippen LogP contribution >= 0.6 is 0 Å². The van der Waals surface area contributed by atoms with Gasteiger partial charge in [-0.25, -0.2) is 4.98 Å². The molecule has 84 valence electrons. The minimum atomic E-state index is 0.333. The lowest BCUT2D eigenvalue weighted by Gasteiger charge is -2.15. The van der Waals surface area contributed by atoms with E-state index in [1.54, 1.807) is 0 Å². The molecule has 2 rings (SSSR count). The second-order valence-electron chi connectivity index (χ2n) is 4.27. The maximum Gasteiger partial charge on any atom is 0.0946 e. The van der Waals surface area contributed by atoms with Gasteiger partial charge in [-0.1, -0.05) is 0 Å². The van der Waals surface area contributed by atoms with E-state index < -0.39 is 0 Å². The molecule has 0 bridgehead atoms. The lowest BCUT2D eigenvalue weighted by Crippen LogP contribution is -2.25. The Morgan fingerprint density at radius 2 is 2.33 bits per heavy atom. The molecule has 0 radical (unpaired) electrons. The molecular weight excluding hydrogens is 190 g/mol. The molecule has 1 aromatic heterocycles. The zero-order valence-corrected chi connectivity index (χ0v) is 9.05. The summed E-state index contributed by atoms with van der Waals surface area (Å²) in [5.74, 6) is 0.706. The average Bonchev–Trinajstić information content (AvgIpc) is 2.85. The lowest BCUT2D eigenvalue weighted by molar-refractivity contribution is 0.249. The molecule has 4 heteroatoms. The third-order valence-corrected chi connectivity index (χ3v) is 3.14. The van der Waals surface area contributed by atoms with E-state index in [1.165, 1.54) is 13.0 Å². The van der Waals surface area contributed by atoms with Crippen LogP contribution in [0, 0.1) is 5.92 Å². The molecule has 0 saturated carbocycles. The molecule has 0 aliphatic carbocycles. The fourth-order valence-corrected chi connectivity index (χ4v) is 2.21. The molecule has 0 amide bonds. The average molecular weight is 209 g/mol. The molecule has 1 unspecified atom stereocenters. The highest BCUT2D eigenvalue weighted by atomic mass is 16.3. The smallest absolute Gasteiger partial charge is 0.0946 e. The summed E-state index contributed by atoms with van der Waals surface area (Å²) in [6.45, 7) is 4.78. The van der Waals surface area contributed by atoms with Gasteiger partial charge in [0.25, 0.3) is 0 Å². The summed E-state index contributed by atoms with van der Waals surface area (Å²) in [6, 6.07) is 0. The molecule has 1 N–H and O–H groups in total. The second-order valence-corrected chi connectivity index (χ2v) is 4.27. The van der Waals surface area contributed by atoms with Gasteiger partial charge in [0.2, 0.25) is 0 Å². The number of hydrogen-bond donors (Lipinski definition) is 1. The Labute approximate surface area is 90.5 Å². The predicted octanol–water partition coefficient (Wildman–Crippen LogP) is 0.587. The number of aliphatic hydroxyl groups excluding tert-OH is 1. The second kappa shape index (κ2) is 5.28. The first kappa shape index (κ1) is 10.6. The first-order chi connectivity index (χ1) is 7.38. The molecule has 4 nitrogen and oxygen atoms in total. The SMILES string of the molecule is OCCC1CCN(CCn2ccnc2)C1. The number of rotatable bonds is 5. The van der Waals surface area contributed by atoms with Crippen molar-refractivity contribution in [1.29, 1.82) is 0 Å². The first-order valence-corrected chi connectivity index (χ1v) is 5.67. The highest BCUT2D eigenvalue weighted by Gasteiger charge is 2.21. The third-order valence-electron chi connectivity index (χ3n) is 3.14. The Balaban J connectivity index is 1.69. The number of aromatic nitrogens is 2. The summed E-state index contributed by atoms with van der Waals surface area (Å²) in [4.78, 5) is 6.50. The fourth-order valence-electron chi connectivity index (χ4n) is 2.21. The van der Waals surface area contributed by atoms with Crippen molar-refractivity contribution < 1.29 is 5.11 Å². The van der Waals surface area contributed by atoms with Gasteiger partial charge in [-0.15, -0.1) is 0 Å². The van der Waals surface area contributed by atoms with Crippen LogP contribution in [0.15, 0.2) is 18.7 Å². The van der Waals surface area contributed by atoms with Crippen molar-refractivity contribution in [2.45, 2.75) is 19.4 Å². The van der Waals surface area contributed by atoms with E-state index in [-0.39, 0.29) is 0 Å². The van der Waals surface area contributed by atoms with Crippen LogP contribution in [0.2, 0.25) is 0 Å². The van der Waals surface area contributed by atoms with Crippen LogP contribution in [0.3, 0.4) is 0 Å². The minimum absolute atomic E-state index is 0.333. The van der Waals surface area contributed by atoms with Crippen molar-refractivity contribution in [3.8, 4) is 0 Å². The van der Waals surface area contributed by atoms with Crippen molar-refractivity contribution in [3.05, 3.63) is 18.7 Å². The predicted molar refractivity (Wildman–Crippen MR) is 58.5 cm³/mol. The van der Waals surface area contributed by atoms with Gasteiger partial charge in [-0.2, -0.15) is 0 Å². The summed E-state index contributed by atoms with van der Waals surface area (Å²) >= 11 is 0. The van der Waals surface area contributed by atoms with Crippen LogP contribution in [0.25, 0.3) is 0 Å². The molecule has 1 aliphatic heterocycles. The standard InChI is InChI=1S/C11H19N3O/c15-8-2-11-1-4-13(9-11)6-7-14-5-3-12-10-14/h3,5,10-11,15H,1-2,4,6-9H2. The third kappa shape index (κ3) is 3.04. The minimum Gasteiger partial charge on any atom is -0.396 e. The van der Waals surface area contributed by atoms with E-state index in [0.717, 1.165) is 26.1 Å². The molecule has 1 aromatic rings. The Morgan fingerprint density at radius 3 is 3.07 bits per heavy atom. The van der Waals surface area contributed by atoms with E-state index in [4.69, 9.17) is 5.11 Å². The van der Waals surface area contributed by atoms with Crippen LogP contribution in [0.5, 0.6) is 0 Å². The zero-order chi connectivity index (χ0) is 10.5. The molecular formula is C11H19N3O. The van der Waals surface area contributed by atoms with Crippen LogP contribution in [-0.4, -0.2) is 45.8 Å². The van der Waals surface area contributed by atoms with Crippen molar-refractivity contribution in [1.82, 2.24) is 14.5 Å². The van der Waals surface area contributed by atoms with Gasteiger partial charge >= 0.3 is 0 Å². The van der Waals surface area contributed by atoms with Crippen molar-refractivity contribution in [3.63, 3.8) is 0 Å². The lowest BCUT2D eigenvalue weighted by atomic mass is 10.1. The molecule has 2 heterocycles. The summed E-state index contributed by atoms with van der Waals surface area (Å²) in [5, 5.41) is 8.86. The molecule has 1 fully saturated rings. The van der Waals surface area contributed by atoms with E-state index >= 15 is 0 Å². The number of aliphatic hydroxyl groups is 1. The highest BCUT2D eigenvalue weighted by molar-refractivity contribution is 4.78. The largest absolute Gasteiger partial charge is 0.396 e. The molecule has 0 aromatic carbocycles. The Hall–Kier alpha value is -0.870. The normalized spacial score (nSPS) is 22.3. The van der Waals surface area contributed by atoms with Gasteiger partial charge in [-0.3, -0.25) is 0 Å². The van der Waals surface area contributed by atoms with Crippen LogP contribution in [0.4, 0.5) is 0 Å². The summed E-state index contributed by atoms with van der Waals surface area (Å²) < 4.78 is 2.11. The van der Waals surface area contributed by atoms with Gasteiger partial charge in [0.15, 0.2) is 0 Å². The van der Waals surface area contributed by atoms with Crippen molar-refractivity contribution in [2.24, 2.45) is 5.92 Å². The maximum atomic E-state index is 8.86. The molecule has 1 saturated heterocycles. The van der Waals surface area contributed by atoms with Gasteiger partial charge in [-0.05, 0) is 25.3 Å². The molecule has 1 aliphatic rings. The fraction of sp³-hybridized carbons (Fsp3) is 0.727. The summed E-state index contributed by atoms with van der Waals surface area (Å²) in [5.41, 5.74) is 0. The molecule has 15 heavy (non-hydrogen) atoms. The summed E-state index contributed by atoms with van der Waals surface area (Å²) in [6.07, 6.45) is 7.88. The van der Waals surface area contributed by atoms with E-state index in [1.807, 2.05) is 18.7 Å². The maximum absolute atomic E-state index is 8.86. The van der Waals surface area contributed by atoms with Gasteiger partial charge in [0.1, 0.15) is 0 Å². The molecule has 1 atom stereocenters. The zero-order valence-electron chi connectivity index (χ0n) is 9.05. The van der Waals surface area contributed by atoms with Crippen LogP contribution in [0.1, 0.15) is 12.8 Å². The van der Waals surface area contributed by atoms with Gasteiger partial charge in [0.05, 0.1) is 6.33 Å². The Bertz CT molecular complexity index is 273. The highest BCUT2D eigenvalue weighted by Crippen LogP contribution is 2.18. The Morgan fingerprint density at radius 1 is 1.40 bits per heavy atom. The molecule has 0 spiro atoms. The monoisotopic (exact) mass is 209 g/mol. The number of imidazole rings is 1. The van der Waals surface area contributed by atoms with E-state index in [2.05, 4.69) is 14.5 Å². The van der Waals surface area contributed by atoms with Gasteiger partial charge in [0, 0.05) is 38.6 Å². The van der Waals surface area contributed by atoms with Crippen LogP contribution < -0.4 is 0 Å². The van der Waals surface area contributed by atoms with Gasteiger partial charge < -0.3 is 14.6 Å². The van der Waals surface area contributed by atoms with Crippen molar-refractivity contribution >= 4 is 0 Å².